The Kier molecular flexibility index (Phi) is 2.88. The van der Waals surface area contributed by atoms with Crippen molar-refractivity contribution in [2.24, 2.45) is 0 Å². The molecular weight excluding hydrogens is 234 g/mol. The molecule has 2 heteroatoms. The van der Waals surface area contributed by atoms with Crippen molar-refractivity contribution >= 4 is 10.9 Å². The van der Waals surface area contributed by atoms with E-state index in [2.05, 4.69) is 16.8 Å². The van der Waals surface area contributed by atoms with E-state index in [1.165, 1.54) is 0 Å². The van der Waals surface area contributed by atoms with E-state index < -0.39 is 0 Å². The Labute approximate surface area is 111 Å². The summed E-state index contributed by atoms with van der Waals surface area (Å²) in [7, 11) is 0. The van der Waals surface area contributed by atoms with Crippen molar-refractivity contribution in [2.45, 2.75) is 0 Å². The number of hydrogen-bond donors (Lipinski definition) is 1. The Bertz CT molecular complexity index is 782. The molecule has 0 spiro atoms. The minimum absolute atomic E-state index is 0.184. The average Bonchev–Trinajstić information content (AvgIpc) is 2.47. The van der Waals surface area contributed by atoms with Crippen molar-refractivity contribution in [3.63, 3.8) is 0 Å². The first-order valence-corrected chi connectivity index (χ1v) is 5.98. The van der Waals surface area contributed by atoms with Gasteiger partial charge in [0, 0.05) is 17.1 Å². The third-order valence-corrected chi connectivity index (χ3v) is 2.87. The van der Waals surface area contributed by atoms with E-state index in [0.717, 1.165) is 16.5 Å². The summed E-state index contributed by atoms with van der Waals surface area (Å²) in [6.07, 6.45) is 1.73. The molecule has 0 aliphatic heterocycles. The first-order valence-electron chi connectivity index (χ1n) is 5.98. The van der Waals surface area contributed by atoms with Crippen LogP contribution in [-0.4, -0.2) is 10.1 Å². The van der Waals surface area contributed by atoms with Gasteiger partial charge in [-0.2, -0.15) is 0 Å². The number of benzene rings is 2. The van der Waals surface area contributed by atoms with Gasteiger partial charge in [-0.05, 0) is 36.4 Å². The van der Waals surface area contributed by atoms with Crippen LogP contribution in [0.2, 0.25) is 0 Å². The fourth-order valence-electron chi connectivity index (χ4n) is 1.93. The first-order chi connectivity index (χ1) is 9.34. The van der Waals surface area contributed by atoms with Crippen molar-refractivity contribution in [1.82, 2.24) is 4.98 Å². The summed E-state index contributed by atoms with van der Waals surface area (Å²) in [4.78, 5) is 4.26. The van der Waals surface area contributed by atoms with Gasteiger partial charge in [-0.25, -0.2) is 0 Å². The van der Waals surface area contributed by atoms with Gasteiger partial charge in [0.1, 0.15) is 5.75 Å². The van der Waals surface area contributed by atoms with Gasteiger partial charge in [-0.3, -0.25) is 4.98 Å². The summed E-state index contributed by atoms with van der Waals surface area (Å²) in [6.45, 7) is 0. The molecule has 3 aromatic rings. The van der Waals surface area contributed by atoms with Crippen LogP contribution in [0.15, 0.2) is 60.8 Å². The largest absolute Gasteiger partial charge is 0.507 e. The molecule has 90 valence electrons. The highest BCUT2D eigenvalue weighted by atomic mass is 16.3. The molecule has 0 bridgehead atoms. The lowest BCUT2D eigenvalue weighted by atomic mass is 10.1. The van der Waals surface area contributed by atoms with Gasteiger partial charge in [-0.1, -0.05) is 30.0 Å². The fraction of sp³-hybridized carbons (Fsp3) is 0. The maximum Gasteiger partial charge on any atom is 0.131 e. The molecular formula is C17H11NO. The van der Waals surface area contributed by atoms with Crippen LogP contribution in [0, 0.1) is 11.8 Å². The van der Waals surface area contributed by atoms with Crippen molar-refractivity contribution in [2.75, 3.05) is 0 Å². The van der Waals surface area contributed by atoms with Crippen LogP contribution in [0.4, 0.5) is 0 Å². The van der Waals surface area contributed by atoms with E-state index in [0.29, 0.717) is 5.56 Å². The smallest absolute Gasteiger partial charge is 0.131 e. The predicted molar refractivity (Wildman–Crippen MR) is 75.8 cm³/mol. The van der Waals surface area contributed by atoms with Crippen LogP contribution in [0.3, 0.4) is 0 Å². The topological polar surface area (TPSA) is 33.1 Å². The van der Waals surface area contributed by atoms with Gasteiger partial charge in [0.2, 0.25) is 0 Å². The molecule has 1 heterocycles. The third-order valence-electron chi connectivity index (χ3n) is 2.87. The summed E-state index contributed by atoms with van der Waals surface area (Å²) in [5, 5.41) is 10.8. The summed E-state index contributed by atoms with van der Waals surface area (Å²) in [5.74, 6) is 6.27. The second-order valence-electron chi connectivity index (χ2n) is 4.15. The number of phenols is 1. The minimum Gasteiger partial charge on any atom is -0.507 e. The lowest BCUT2D eigenvalue weighted by Gasteiger charge is -2.02. The van der Waals surface area contributed by atoms with E-state index in [1.807, 2.05) is 42.5 Å². The molecule has 3 rings (SSSR count). The highest BCUT2D eigenvalue weighted by Gasteiger charge is 2.04. The molecule has 0 saturated carbocycles. The highest BCUT2D eigenvalue weighted by molar-refractivity contribution is 5.87. The molecule has 0 aliphatic carbocycles. The Morgan fingerprint density at radius 1 is 0.842 bits per heavy atom. The number of fused-ring (bicyclic) bond motifs is 1. The van der Waals surface area contributed by atoms with Gasteiger partial charge < -0.3 is 5.11 Å². The molecule has 19 heavy (non-hydrogen) atoms. The van der Waals surface area contributed by atoms with Gasteiger partial charge in [0.25, 0.3) is 0 Å². The summed E-state index contributed by atoms with van der Waals surface area (Å²) >= 11 is 0. The zero-order chi connectivity index (χ0) is 13.1. The van der Waals surface area contributed by atoms with Gasteiger partial charge >= 0.3 is 0 Å². The zero-order valence-corrected chi connectivity index (χ0v) is 10.2. The number of aromatic nitrogens is 1. The normalized spacial score (nSPS) is 9.89. The molecule has 0 unspecified atom stereocenters. The predicted octanol–water partition coefficient (Wildman–Crippen LogP) is 3.34. The van der Waals surface area contributed by atoms with Crippen molar-refractivity contribution in [1.29, 1.82) is 0 Å². The van der Waals surface area contributed by atoms with Crippen molar-refractivity contribution in [3.05, 3.63) is 71.9 Å². The lowest BCUT2D eigenvalue weighted by Crippen LogP contribution is -1.84. The summed E-state index contributed by atoms with van der Waals surface area (Å²) < 4.78 is 0. The fourth-order valence-corrected chi connectivity index (χ4v) is 1.93. The van der Waals surface area contributed by atoms with Gasteiger partial charge in [-0.15, -0.1) is 0 Å². The monoisotopic (exact) mass is 245 g/mol. The number of rotatable bonds is 0. The Hall–Kier alpha value is -2.79. The number of phenolic OH excluding ortho intramolecular Hbond substituents is 1. The molecule has 0 fully saturated rings. The van der Waals surface area contributed by atoms with E-state index >= 15 is 0 Å². The van der Waals surface area contributed by atoms with Crippen LogP contribution in [0.5, 0.6) is 5.75 Å². The molecule has 1 N–H and O–H groups in total. The number of aromatic hydroxyl groups is 1. The maximum atomic E-state index is 9.96. The molecule has 0 aliphatic rings. The quantitative estimate of drug-likeness (QED) is 0.616. The molecule has 2 aromatic carbocycles. The van der Waals surface area contributed by atoms with Crippen LogP contribution >= 0.6 is 0 Å². The Morgan fingerprint density at radius 3 is 2.53 bits per heavy atom. The van der Waals surface area contributed by atoms with E-state index in [1.54, 1.807) is 18.3 Å². The van der Waals surface area contributed by atoms with E-state index in [-0.39, 0.29) is 5.75 Å². The van der Waals surface area contributed by atoms with E-state index in [4.69, 9.17) is 0 Å². The first kappa shape index (κ1) is 11.3. The number of nitrogens with zero attached hydrogens (tertiary/aromatic N) is 1. The van der Waals surface area contributed by atoms with Crippen molar-refractivity contribution in [3.8, 4) is 17.6 Å². The summed E-state index contributed by atoms with van der Waals surface area (Å²) in [6, 6.07) is 16.9. The molecule has 0 amide bonds. The molecule has 1 aromatic heterocycles. The Morgan fingerprint density at radius 2 is 1.68 bits per heavy atom. The molecule has 0 saturated heterocycles. The SMILES string of the molecule is Oc1ccc2ncccc2c1C#Cc1ccccc1. The third kappa shape index (κ3) is 2.27. The number of pyridine rings is 1. The maximum absolute atomic E-state index is 9.96. The van der Waals surface area contributed by atoms with E-state index in [9.17, 15) is 5.11 Å². The van der Waals surface area contributed by atoms with Crippen LogP contribution in [0.25, 0.3) is 10.9 Å². The van der Waals surface area contributed by atoms with Gasteiger partial charge in [0.15, 0.2) is 0 Å². The highest BCUT2D eigenvalue weighted by Crippen LogP contribution is 2.24. The van der Waals surface area contributed by atoms with Crippen LogP contribution < -0.4 is 0 Å². The van der Waals surface area contributed by atoms with Crippen LogP contribution in [0.1, 0.15) is 11.1 Å². The molecule has 0 radical (unpaired) electrons. The molecule has 2 nitrogen and oxygen atoms in total. The Balaban J connectivity index is 2.16. The number of hydrogen-bond acceptors (Lipinski definition) is 2. The zero-order valence-electron chi connectivity index (χ0n) is 10.2. The minimum atomic E-state index is 0.184. The second kappa shape index (κ2) is 4.83. The van der Waals surface area contributed by atoms with Crippen LogP contribution in [-0.2, 0) is 0 Å². The second-order valence-corrected chi connectivity index (χ2v) is 4.15. The summed E-state index contributed by atoms with van der Waals surface area (Å²) in [5.41, 5.74) is 2.37. The van der Waals surface area contributed by atoms with Gasteiger partial charge in [0.05, 0.1) is 11.1 Å². The molecule has 0 atom stereocenters. The standard InChI is InChI=1S/C17H11NO/c19-17-11-10-16-14(7-4-12-18-16)15(17)9-8-13-5-2-1-3-6-13/h1-7,10-12,19H. The average molecular weight is 245 g/mol. The van der Waals surface area contributed by atoms with Crippen molar-refractivity contribution < 1.29 is 5.11 Å². The lowest BCUT2D eigenvalue weighted by molar-refractivity contribution is 0.474.